The minimum atomic E-state index is 0.0500. The van der Waals surface area contributed by atoms with Crippen LogP contribution in [0.2, 0.25) is 0 Å². The van der Waals surface area contributed by atoms with Gasteiger partial charge < -0.3 is 10.1 Å². The molecule has 0 atom stereocenters. The fraction of sp³-hybridized carbons (Fsp3) is 0.316. The number of fused-ring (bicyclic) bond motifs is 1. The van der Waals surface area contributed by atoms with Gasteiger partial charge >= 0.3 is 0 Å². The van der Waals surface area contributed by atoms with Gasteiger partial charge in [0, 0.05) is 19.2 Å². The summed E-state index contributed by atoms with van der Waals surface area (Å²) in [5.41, 5.74) is 5.61. The summed E-state index contributed by atoms with van der Waals surface area (Å²) in [6.07, 6.45) is 2.88. The summed E-state index contributed by atoms with van der Waals surface area (Å²) in [4.78, 5) is 12.0. The molecule has 0 saturated carbocycles. The Labute approximate surface area is 131 Å². The van der Waals surface area contributed by atoms with Gasteiger partial charge in [0.05, 0.1) is 6.61 Å². The van der Waals surface area contributed by atoms with Crippen molar-refractivity contribution < 1.29 is 9.53 Å². The third kappa shape index (κ3) is 3.20. The molecule has 1 amide bonds. The molecule has 3 nitrogen and oxygen atoms in total. The lowest BCUT2D eigenvalue weighted by molar-refractivity contribution is 0.0956. The number of benzene rings is 2. The van der Waals surface area contributed by atoms with Gasteiger partial charge in [0.2, 0.25) is 0 Å². The quantitative estimate of drug-likeness (QED) is 0.940. The summed E-state index contributed by atoms with van der Waals surface area (Å²) in [5.74, 6) is 0.0500. The molecule has 3 heteroatoms. The smallest absolute Gasteiger partial charge is 0.251 e. The Morgan fingerprint density at radius 2 is 1.86 bits per heavy atom. The number of nitrogens with one attached hydrogen (secondary N) is 1. The van der Waals surface area contributed by atoms with Gasteiger partial charge in [-0.3, -0.25) is 4.79 Å². The van der Waals surface area contributed by atoms with E-state index in [1.807, 2.05) is 12.1 Å². The minimum Gasteiger partial charge on any atom is -0.384 e. The molecule has 1 aliphatic heterocycles. The highest BCUT2D eigenvalue weighted by molar-refractivity contribution is 5.96. The molecule has 1 heterocycles. The Morgan fingerprint density at radius 1 is 1.09 bits per heavy atom. The number of aryl methyl sites for hydroxylation is 1. The van der Waals surface area contributed by atoms with E-state index in [2.05, 4.69) is 35.6 Å². The van der Waals surface area contributed by atoms with Crippen LogP contribution in [-0.4, -0.2) is 26.2 Å². The van der Waals surface area contributed by atoms with Crippen molar-refractivity contribution >= 4 is 5.91 Å². The monoisotopic (exact) mass is 295 g/mol. The number of ether oxygens (including phenoxy) is 1. The first-order valence-corrected chi connectivity index (χ1v) is 7.77. The van der Waals surface area contributed by atoms with Crippen molar-refractivity contribution in [2.75, 3.05) is 20.3 Å². The maximum Gasteiger partial charge on any atom is 0.251 e. The van der Waals surface area contributed by atoms with Gasteiger partial charge in [0.1, 0.15) is 0 Å². The van der Waals surface area contributed by atoms with Crippen LogP contribution < -0.4 is 5.32 Å². The molecule has 2 aromatic rings. The van der Waals surface area contributed by atoms with Crippen molar-refractivity contribution in [3.8, 4) is 11.1 Å². The summed E-state index contributed by atoms with van der Waals surface area (Å²) >= 11 is 0. The molecule has 1 N–H and O–H groups in total. The Balaban J connectivity index is 1.86. The van der Waals surface area contributed by atoms with E-state index in [1.165, 1.54) is 16.7 Å². The molecule has 0 bridgehead atoms. The zero-order chi connectivity index (χ0) is 15.4. The third-order valence-electron chi connectivity index (χ3n) is 4.14. The van der Waals surface area contributed by atoms with Crippen LogP contribution in [0.5, 0.6) is 0 Å². The van der Waals surface area contributed by atoms with Crippen molar-refractivity contribution in [2.24, 2.45) is 0 Å². The summed E-state index contributed by atoms with van der Waals surface area (Å²) in [7, 11) is 1.72. The molecule has 2 aromatic carbocycles. The van der Waals surface area contributed by atoms with E-state index in [-0.39, 0.29) is 5.91 Å². The van der Waals surface area contributed by atoms with Crippen LogP contribution in [0.25, 0.3) is 11.1 Å². The second kappa shape index (κ2) is 6.75. The van der Waals surface area contributed by atoms with Gasteiger partial charge in [-0.05, 0) is 47.6 Å². The fourth-order valence-corrected chi connectivity index (χ4v) is 2.86. The SMILES string of the molecule is COCCc1ccc(-c2ccc3c(c2)CCCNC3=O)cc1. The molecule has 3 rings (SSSR count). The number of carbonyl (C=O) groups is 1. The van der Waals surface area contributed by atoms with Crippen LogP contribution in [0.1, 0.15) is 27.9 Å². The van der Waals surface area contributed by atoms with Gasteiger partial charge in [-0.2, -0.15) is 0 Å². The highest BCUT2D eigenvalue weighted by atomic mass is 16.5. The molecule has 114 valence electrons. The van der Waals surface area contributed by atoms with E-state index < -0.39 is 0 Å². The maximum absolute atomic E-state index is 12.0. The van der Waals surface area contributed by atoms with E-state index in [0.717, 1.165) is 43.5 Å². The zero-order valence-electron chi connectivity index (χ0n) is 12.9. The highest BCUT2D eigenvalue weighted by Crippen LogP contribution is 2.25. The molecule has 1 aliphatic rings. The summed E-state index contributed by atoms with van der Waals surface area (Å²) in [5, 5.41) is 2.94. The predicted octanol–water partition coefficient (Wildman–Crippen LogP) is 3.22. The summed E-state index contributed by atoms with van der Waals surface area (Å²) in [6, 6.07) is 14.7. The molecule has 0 radical (unpaired) electrons. The second-order valence-corrected chi connectivity index (χ2v) is 5.67. The predicted molar refractivity (Wildman–Crippen MR) is 88.1 cm³/mol. The fourth-order valence-electron chi connectivity index (χ4n) is 2.86. The van der Waals surface area contributed by atoms with E-state index >= 15 is 0 Å². The average molecular weight is 295 g/mol. The number of hydrogen-bond donors (Lipinski definition) is 1. The van der Waals surface area contributed by atoms with E-state index in [0.29, 0.717) is 0 Å². The zero-order valence-corrected chi connectivity index (χ0v) is 12.9. The molecular weight excluding hydrogens is 274 g/mol. The Morgan fingerprint density at radius 3 is 2.64 bits per heavy atom. The van der Waals surface area contributed by atoms with Crippen LogP contribution in [0.3, 0.4) is 0 Å². The van der Waals surface area contributed by atoms with Crippen molar-refractivity contribution in [1.82, 2.24) is 5.32 Å². The third-order valence-corrected chi connectivity index (χ3v) is 4.14. The molecule has 0 aromatic heterocycles. The highest BCUT2D eigenvalue weighted by Gasteiger charge is 2.15. The standard InChI is InChI=1S/C19H21NO2/c1-22-12-10-14-4-6-15(7-5-14)16-8-9-18-17(13-16)3-2-11-20-19(18)21/h4-9,13H,2-3,10-12H2,1H3,(H,20,21). The van der Waals surface area contributed by atoms with Crippen LogP contribution in [-0.2, 0) is 17.6 Å². The summed E-state index contributed by atoms with van der Waals surface area (Å²) in [6.45, 7) is 1.50. The first kappa shape index (κ1) is 14.8. The molecule has 0 spiro atoms. The lowest BCUT2D eigenvalue weighted by Gasteiger charge is -2.09. The molecule has 0 aliphatic carbocycles. The second-order valence-electron chi connectivity index (χ2n) is 5.67. The Hall–Kier alpha value is -2.13. The lowest BCUT2D eigenvalue weighted by Crippen LogP contribution is -2.22. The van der Waals surface area contributed by atoms with Crippen molar-refractivity contribution in [3.63, 3.8) is 0 Å². The number of hydrogen-bond acceptors (Lipinski definition) is 2. The van der Waals surface area contributed by atoms with Gasteiger partial charge in [-0.1, -0.05) is 36.4 Å². The van der Waals surface area contributed by atoms with Crippen molar-refractivity contribution in [2.45, 2.75) is 19.3 Å². The van der Waals surface area contributed by atoms with Crippen LogP contribution >= 0.6 is 0 Å². The van der Waals surface area contributed by atoms with Gasteiger partial charge in [-0.15, -0.1) is 0 Å². The van der Waals surface area contributed by atoms with Gasteiger partial charge in [-0.25, -0.2) is 0 Å². The number of amides is 1. The minimum absolute atomic E-state index is 0.0500. The first-order valence-electron chi connectivity index (χ1n) is 7.77. The van der Waals surface area contributed by atoms with Crippen LogP contribution in [0, 0.1) is 0 Å². The van der Waals surface area contributed by atoms with E-state index in [9.17, 15) is 4.79 Å². The Kier molecular flexibility index (Phi) is 4.54. The van der Waals surface area contributed by atoms with Crippen molar-refractivity contribution in [1.29, 1.82) is 0 Å². The number of carbonyl (C=O) groups excluding carboxylic acids is 1. The topological polar surface area (TPSA) is 38.3 Å². The summed E-state index contributed by atoms with van der Waals surface area (Å²) < 4.78 is 5.11. The normalized spacial score (nSPS) is 14.1. The largest absolute Gasteiger partial charge is 0.384 e. The molecular formula is C19H21NO2. The average Bonchev–Trinajstić information content (AvgIpc) is 2.75. The maximum atomic E-state index is 12.0. The van der Waals surface area contributed by atoms with Gasteiger partial charge in [0.25, 0.3) is 5.91 Å². The van der Waals surface area contributed by atoms with Crippen molar-refractivity contribution in [3.05, 3.63) is 59.2 Å². The molecule has 0 unspecified atom stereocenters. The lowest BCUT2D eigenvalue weighted by atomic mass is 9.96. The molecule has 0 saturated heterocycles. The number of methoxy groups -OCH3 is 1. The van der Waals surface area contributed by atoms with E-state index in [1.54, 1.807) is 7.11 Å². The number of rotatable bonds is 4. The van der Waals surface area contributed by atoms with Crippen LogP contribution in [0.15, 0.2) is 42.5 Å². The first-order chi connectivity index (χ1) is 10.8. The molecule has 0 fully saturated rings. The van der Waals surface area contributed by atoms with Crippen LogP contribution in [0.4, 0.5) is 0 Å². The molecule has 22 heavy (non-hydrogen) atoms. The van der Waals surface area contributed by atoms with E-state index in [4.69, 9.17) is 4.74 Å². The Bertz CT molecular complexity index is 662. The van der Waals surface area contributed by atoms with Gasteiger partial charge in [0.15, 0.2) is 0 Å².